The molecule has 0 fully saturated rings. The number of hydrogen-bond donors (Lipinski definition) is 0. The number of benzene rings is 1. The van der Waals surface area contributed by atoms with E-state index in [0.29, 0.717) is 0 Å². The Labute approximate surface area is 78.1 Å². The fourth-order valence-corrected chi connectivity index (χ4v) is 1.19. The molecule has 0 aliphatic heterocycles. The zero-order chi connectivity index (χ0) is 8.65. The molecule has 0 saturated heterocycles. The standard InChI is InChI=1S/C10H14OS/c1-12-8-7-11-9-10-5-3-2-4-6-10/h2-6H,7-9H2,1H3. The van der Waals surface area contributed by atoms with Crippen LogP contribution in [0.1, 0.15) is 5.56 Å². The Morgan fingerprint density at radius 2 is 2.00 bits per heavy atom. The van der Waals surface area contributed by atoms with Gasteiger partial charge in [0, 0.05) is 5.75 Å². The van der Waals surface area contributed by atoms with Crippen LogP contribution < -0.4 is 0 Å². The first kappa shape index (κ1) is 9.62. The van der Waals surface area contributed by atoms with Crippen LogP contribution in [0, 0.1) is 0 Å². The van der Waals surface area contributed by atoms with Crippen molar-refractivity contribution in [3.63, 3.8) is 0 Å². The van der Waals surface area contributed by atoms with E-state index in [4.69, 9.17) is 4.74 Å². The molecule has 2 heteroatoms. The van der Waals surface area contributed by atoms with Gasteiger partial charge in [0.25, 0.3) is 0 Å². The van der Waals surface area contributed by atoms with Crippen molar-refractivity contribution >= 4 is 11.8 Å². The van der Waals surface area contributed by atoms with E-state index in [1.807, 2.05) is 30.0 Å². The van der Waals surface area contributed by atoms with Crippen LogP contribution in [0.3, 0.4) is 0 Å². The zero-order valence-electron chi connectivity index (χ0n) is 7.32. The predicted octanol–water partition coefficient (Wildman–Crippen LogP) is 2.57. The van der Waals surface area contributed by atoms with Gasteiger partial charge in [0.1, 0.15) is 0 Å². The van der Waals surface area contributed by atoms with Gasteiger partial charge in [-0.3, -0.25) is 0 Å². The smallest absolute Gasteiger partial charge is 0.0717 e. The van der Waals surface area contributed by atoms with Crippen molar-refractivity contribution in [2.45, 2.75) is 6.61 Å². The first-order valence-corrected chi connectivity index (χ1v) is 5.43. The van der Waals surface area contributed by atoms with E-state index in [1.165, 1.54) is 5.56 Å². The molecule has 1 nitrogen and oxygen atoms in total. The van der Waals surface area contributed by atoms with E-state index < -0.39 is 0 Å². The topological polar surface area (TPSA) is 9.23 Å². The van der Waals surface area contributed by atoms with Crippen LogP contribution >= 0.6 is 11.8 Å². The average Bonchev–Trinajstić information content (AvgIpc) is 2.14. The van der Waals surface area contributed by atoms with Gasteiger partial charge in [0.05, 0.1) is 13.2 Å². The van der Waals surface area contributed by atoms with Gasteiger partial charge in [-0.05, 0) is 11.8 Å². The van der Waals surface area contributed by atoms with E-state index in [2.05, 4.69) is 18.4 Å². The molecule has 0 amide bonds. The van der Waals surface area contributed by atoms with Crippen molar-refractivity contribution in [1.82, 2.24) is 0 Å². The van der Waals surface area contributed by atoms with E-state index in [1.54, 1.807) is 0 Å². The molecule has 0 unspecified atom stereocenters. The van der Waals surface area contributed by atoms with Crippen LogP contribution in [0.25, 0.3) is 0 Å². The van der Waals surface area contributed by atoms with E-state index in [-0.39, 0.29) is 0 Å². The van der Waals surface area contributed by atoms with E-state index in [9.17, 15) is 0 Å². The molecule has 0 spiro atoms. The normalized spacial score (nSPS) is 10.1. The molecule has 0 saturated carbocycles. The average molecular weight is 182 g/mol. The molecule has 0 N–H and O–H groups in total. The number of ether oxygens (including phenoxy) is 1. The summed E-state index contributed by atoms with van der Waals surface area (Å²) in [7, 11) is 0. The van der Waals surface area contributed by atoms with E-state index >= 15 is 0 Å². The van der Waals surface area contributed by atoms with Crippen molar-refractivity contribution < 1.29 is 4.74 Å². The second kappa shape index (κ2) is 6.09. The van der Waals surface area contributed by atoms with Gasteiger partial charge >= 0.3 is 0 Å². The quantitative estimate of drug-likeness (QED) is 0.647. The maximum Gasteiger partial charge on any atom is 0.0717 e. The lowest BCUT2D eigenvalue weighted by Gasteiger charge is -2.02. The summed E-state index contributed by atoms with van der Waals surface area (Å²) >= 11 is 1.81. The van der Waals surface area contributed by atoms with Gasteiger partial charge < -0.3 is 4.74 Å². The Hall–Kier alpha value is -0.470. The summed E-state index contributed by atoms with van der Waals surface area (Å²) in [5.74, 6) is 1.08. The first-order valence-electron chi connectivity index (χ1n) is 4.04. The van der Waals surface area contributed by atoms with Gasteiger partial charge in [-0.1, -0.05) is 30.3 Å². The van der Waals surface area contributed by atoms with Crippen LogP contribution in [0.15, 0.2) is 30.3 Å². The summed E-state index contributed by atoms with van der Waals surface area (Å²) in [5, 5.41) is 0. The molecule has 0 bridgehead atoms. The third-order valence-corrected chi connectivity index (χ3v) is 2.12. The largest absolute Gasteiger partial charge is 0.376 e. The molecule has 0 aromatic heterocycles. The molecule has 12 heavy (non-hydrogen) atoms. The summed E-state index contributed by atoms with van der Waals surface area (Å²) < 4.78 is 5.44. The second-order valence-electron chi connectivity index (χ2n) is 2.53. The van der Waals surface area contributed by atoms with Gasteiger partial charge in [0.2, 0.25) is 0 Å². The predicted molar refractivity (Wildman–Crippen MR) is 54.5 cm³/mol. The molecule has 0 aliphatic rings. The minimum atomic E-state index is 0.737. The van der Waals surface area contributed by atoms with Crippen LogP contribution in [0.4, 0.5) is 0 Å². The van der Waals surface area contributed by atoms with Crippen LogP contribution in [0.2, 0.25) is 0 Å². The summed E-state index contributed by atoms with van der Waals surface area (Å²) in [4.78, 5) is 0. The molecule has 0 radical (unpaired) electrons. The lowest BCUT2D eigenvalue weighted by atomic mass is 10.2. The van der Waals surface area contributed by atoms with Crippen molar-refractivity contribution in [1.29, 1.82) is 0 Å². The summed E-state index contributed by atoms with van der Waals surface area (Å²) in [5.41, 5.74) is 1.25. The zero-order valence-corrected chi connectivity index (χ0v) is 8.14. The Balaban J connectivity index is 2.16. The second-order valence-corrected chi connectivity index (χ2v) is 3.52. The fourth-order valence-electron chi connectivity index (χ4n) is 0.907. The molecule has 0 heterocycles. The highest BCUT2D eigenvalue weighted by molar-refractivity contribution is 7.98. The van der Waals surface area contributed by atoms with Crippen molar-refractivity contribution in [2.24, 2.45) is 0 Å². The first-order chi connectivity index (χ1) is 5.93. The lowest BCUT2D eigenvalue weighted by Crippen LogP contribution is -1.96. The Kier molecular flexibility index (Phi) is 4.88. The third-order valence-electron chi connectivity index (χ3n) is 1.54. The molecule has 1 rings (SSSR count). The van der Waals surface area contributed by atoms with Crippen molar-refractivity contribution in [3.8, 4) is 0 Å². The maximum atomic E-state index is 5.44. The van der Waals surface area contributed by atoms with Gasteiger partial charge in [-0.2, -0.15) is 11.8 Å². The minimum Gasteiger partial charge on any atom is -0.376 e. The number of hydrogen-bond acceptors (Lipinski definition) is 2. The highest BCUT2D eigenvalue weighted by Gasteiger charge is 1.90. The van der Waals surface area contributed by atoms with Gasteiger partial charge in [-0.25, -0.2) is 0 Å². The highest BCUT2D eigenvalue weighted by atomic mass is 32.2. The summed E-state index contributed by atoms with van der Waals surface area (Å²) in [6, 6.07) is 10.3. The molecule has 1 aromatic carbocycles. The maximum absolute atomic E-state index is 5.44. The fraction of sp³-hybridized carbons (Fsp3) is 0.400. The SMILES string of the molecule is CSCCOCc1ccccc1. The molecule has 1 aromatic rings. The number of rotatable bonds is 5. The molecule has 66 valence electrons. The van der Waals surface area contributed by atoms with Crippen LogP contribution in [0.5, 0.6) is 0 Å². The summed E-state index contributed by atoms with van der Waals surface area (Å²) in [6.07, 6.45) is 2.09. The van der Waals surface area contributed by atoms with Crippen molar-refractivity contribution in [2.75, 3.05) is 18.6 Å². The van der Waals surface area contributed by atoms with Crippen molar-refractivity contribution in [3.05, 3.63) is 35.9 Å². The molecular formula is C10H14OS. The minimum absolute atomic E-state index is 0.737. The number of thioether (sulfide) groups is 1. The van der Waals surface area contributed by atoms with Crippen LogP contribution in [-0.2, 0) is 11.3 Å². The molecular weight excluding hydrogens is 168 g/mol. The monoisotopic (exact) mass is 182 g/mol. The van der Waals surface area contributed by atoms with E-state index in [0.717, 1.165) is 19.0 Å². The lowest BCUT2D eigenvalue weighted by molar-refractivity contribution is 0.136. The Morgan fingerprint density at radius 3 is 2.67 bits per heavy atom. The molecule has 0 atom stereocenters. The summed E-state index contributed by atoms with van der Waals surface area (Å²) in [6.45, 7) is 1.58. The highest BCUT2D eigenvalue weighted by Crippen LogP contribution is 2.01. The third kappa shape index (κ3) is 3.79. The Bertz CT molecular complexity index is 198. The van der Waals surface area contributed by atoms with Crippen LogP contribution in [-0.4, -0.2) is 18.6 Å². The van der Waals surface area contributed by atoms with Gasteiger partial charge in [-0.15, -0.1) is 0 Å². The Morgan fingerprint density at radius 1 is 1.25 bits per heavy atom. The molecule has 0 aliphatic carbocycles. The van der Waals surface area contributed by atoms with Gasteiger partial charge in [0.15, 0.2) is 0 Å².